The van der Waals surface area contributed by atoms with Crippen LogP contribution in [0, 0.1) is 0 Å². The first-order chi connectivity index (χ1) is 14.3. The molecule has 30 heavy (non-hydrogen) atoms. The van der Waals surface area contributed by atoms with Crippen molar-refractivity contribution in [3.05, 3.63) is 29.8 Å². The van der Waals surface area contributed by atoms with E-state index in [0.29, 0.717) is 12.8 Å². The first kappa shape index (κ1) is 26.6. The lowest BCUT2D eigenvalue weighted by atomic mass is 10.1. The normalized spacial score (nSPS) is 11.4. The zero-order valence-electron chi connectivity index (χ0n) is 18.4. The standard InChI is InChI=1S/C23H36ClNO4S/c1-3-5-6-7-8-9-10-11-12-13-18-30(28,29)25(22(26)15-4-2)21-17-14-16-20(19-21)23(24)27/h14,16-17,19H,3-13,15,18H2,1-2H3. The second kappa shape index (κ2) is 14.6. The van der Waals surface area contributed by atoms with Crippen LogP contribution in [-0.2, 0) is 14.8 Å². The van der Waals surface area contributed by atoms with Crippen LogP contribution >= 0.6 is 11.6 Å². The molecule has 0 spiro atoms. The third-order valence-electron chi connectivity index (χ3n) is 5.03. The van der Waals surface area contributed by atoms with E-state index >= 15 is 0 Å². The van der Waals surface area contributed by atoms with Crippen molar-refractivity contribution in [3.8, 4) is 0 Å². The minimum Gasteiger partial charge on any atom is -0.276 e. The molecule has 0 aliphatic rings. The summed E-state index contributed by atoms with van der Waals surface area (Å²) in [6, 6.07) is 5.91. The monoisotopic (exact) mass is 457 g/mol. The van der Waals surface area contributed by atoms with Gasteiger partial charge in [-0.25, -0.2) is 12.7 Å². The molecule has 0 saturated heterocycles. The predicted octanol–water partition coefficient (Wildman–Crippen LogP) is 6.45. The summed E-state index contributed by atoms with van der Waals surface area (Å²) in [6.07, 6.45) is 11.7. The fourth-order valence-electron chi connectivity index (χ4n) is 3.39. The summed E-state index contributed by atoms with van der Waals surface area (Å²) in [4.78, 5) is 24.0. The molecule has 170 valence electrons. The second-order valence-corrected chi connectivity index (χ2v) is 10.0. The lowest BCUT2D eigenvalue weighted by Crippen LogP contribution is -2.38. The van der Waals surface area contributed by atoms with Crippen molar-refractivity contribution in [2.45, 2.75) is 90.9 Å². The SMILES string of the molecule is CCCCCCCCCCCCS(=O)(=O)N(C(=O)CCC)c1cccc(C(=O)Cl)c1. The van der Waals surface area contributed by atoms with Gasteiger partial charge in [0.15, 0.2) is 0 Å². The zero-order chi connectivity index (χ0) is 22.4. The molecular formula is C23H36ClNO4S. The Balaban J connectivity index is 2.64. The molecule has 0 unspecified atom stereocenters. The second-order valence-electron chi connectivity index (χ2n) is 7.73. The first-order valence-corrected chi connectivity index (χ1v) is 13.2. The van der Waals surface area contributed by atoms with Crippen LogP contribution in [0.15, 0.2) is 24.3 Å². The van der Waals surface area contributed by atoms with E-state index in [-0.39, 0.29) is 23.4 Å². The van der Waals surface area contributed by atoms with Gasteiger partial charge in [0.1, 0.15) is 0 Å². The minimum atomic E-state index is -3.82. The van der Waals surface area contributed by atoms with Gasteiger partial charge in [-0.1, -0.05) is 77.7 Å². The number of hydrogen-bond donors (Lipinski definition) is 0. The lowest BCUT2D eigenvalue weighted by molar-refractivity contribution is -0.117. The summed E-state index contributed by atoms with van der Waals surface area (Å²) in [7, 11) is -3.82. The van der Waals surface area contributed by atoms with Crippen LogP contribution in [0.25, 0.3) is 0 Å². The van der Waals surface area contributed by atoms with E-state index in [1.165, 1.54) is 62.8 Å². The molecule has 1 amide bonds. The van der Waals surface area contributed by atoms with Crippen LogP contribution in [-0.4, -0.2) is 25.3 Å². The van der Waals surface area contributed by atoms with Crippen LogP contribution in [0.1, 0.15) is 101 Å². The van der Waals surface area contributed by atoms with Gasteiger partial charge < -0.3 is 0 Å². The largest absolute Gasteiger partial charge is 0.276 e. The number of benzene rings is 1. The molecule has 7 heteroatoms. The molecule has 1 aromatic carbocycles. The van der Waals surface area contributed by atoms with Crippen LogP contribution in [0.3, 0.4) is 0 Å². The Hall–Kier alpha value is -1.40. The van der Waals surface area contributed by atoms with E-state index in [4.69, 9.17) is 11.6 Å². The van der Waals surface area contributed by atoms with Gasteiger partial charge in [-0.2, -0.15) is 0 Å². The van der Waals surface area contributed by atoms with Crippen molar-refractivity contribution in [3.63, 3.8) is 0 Å². The van der Waals surface area contributed by atoms with Gasteiger partial charge in [-0.15, -0.1) is 0 Å². The summed E-state index contributed by atoms with van der Waals surface area (Å²) in [5, 5.41) is -0.688. The number of unbranched alkanes of at least 4 members (excludes halogenated alkanes) is 9. The van der Waals surface area contributed by atoms with Crippen LogP contribution < -0.4 is 4.31 Å². The molecule has 0 aromatic heterocycles. The fourth-order valence-corrected chi connectivity index (χ4v) is 5.10. The number of nitrogens with zero attached hydrogens (tertiary/aromatic N) is 1. The van der Waals surface area contributed by atoms with Crippen molar-refractivity contribution in [2.75, 3.05) is 10.1 Å². The van der Waals surface area contributed by atoms with Gasteiger partial charge in [-0.05, 0) is 42.6 Å². The molecule has 0 aliphatic heterocycles. The molecule has 1 aromatic rings. The van der Waals surface area contributed by atoms with Crippen molar-refractivity contribution in [1.82, 2.24) is 0 Å². The summed E-state index contributed by atoms with van der Waals surface area (Å²) in [5.74, 6) is -0.568. The van der Waals surface area contributed by atoms with Crippen LogP contribution in [0.5, 0.6) is 0 Å². The molecule has 0 bridgehead atoms. The Labute approximate surface area is 187 Å². The summed E-state index contributed by atoms with van der Waals surface area (Å²) in [6.45, 7) is 4.03. The summed E-state index contributed by atoms with van der Waals surface area (Å²) in [5.41, 5.74) is 0.338. The topological polar surface area (TPSA) is 71.5 Å². The van der Waals surface area contributed by atoms with E-state index in [2.05, 4.69) is 6.92 Å². The van der Waals surface area contributed by atoms with Crippen molar-refractivity contribution in [1.29, 1.82) is 0 Å². The quantitative estimate of drug-likeness (QED) is 0.211. The number of hydrogen-bond acceptors (Lipinski definition) is 4. The highest BCUT2D eigenvalue weighted by atomic mass is 35.5. The molecule has 0 heterocycles. The smallest absolute Gasteiger partial charge is 0.252 e. The summed E-state index contributed by atoms with van der Waals surface area (Å²) < 4.78 is 26.8. The molecule has 1 rings (SSSR count). The predicted molar refractivity (Wildman–Crippen MR) is 125 cm³/mol. The molecular weight excluding hydrogens is 422 g/mol. The maximum absolute atomic E-state index is 13.0. The van der Waals surface area contributed by atoms with Gasteiger partial charge in [-0.3, -0.25) is 9.59 Å². The molecule has 0 aliphatic carbocycles. The Bertz CT molecular complexity index is 764. The average Bonchev–Trinajstić information content (AvgIpc) is 2.69. The number of carbonyl (C=O) groups is 2. The number of carbonyl (C=O) groups excluding carboxylic acids is 2. The molecule has 5 nitrogen and oxygen atoms in total. The number of halogens is 1. The molecule has 0 radical (unpaired) electrons. The molecule has 0 atom stereocenters. The Kier molecular flexibility index (Phi) is 12.9. The summed E-state index contributed by atoms with van der Waals surface area (Å²) >= 11 is 5.52. The minimum absolute atomic E-state index is 0.0853. The maximum Gasteiger partial charge on any atom is 0.252 e. The number of anilines is 1. The van der Waals surface area contributed by atoms with Gasteiger partial charge in [0.2, 0.25) is 15.9 Å². The number of rotatable bonds is 16. The zero-order valence-corrected chi connectivity index (χ0v) is 19.9. The van der Waals surface area contributed by atoms with Crippen molar-refractivity contribution in [2.24, 2.45) is 0 Å². The lowest BCUT2D eigenvalue weighted by Gasteiger charge is -2.23. The van der Waals surface area contributed by atoms with E-state index in [0.717, 1.165) is 23.6 Å². The van der Waals surface area contributed by atoms with E-state index < -0.39 is 21.2 Å². The van der Waals surface area contributed by atoms with E-state index in [1.54, 1.807) is 0 Å². The third-order valence-corrected chi connectivity index (χ3v) is 7.03. The van der Waals surface area contributed by atoms with Gasteiger partial charge in [0.25, 0.3) is 5.24 Å². The number of sulfonamides is 1. The highest BCUT2D eigenvalue weighted by molar-refractivity contribution is 7.93. The fraction of sp³-hybridized carbons (Fsp3) is 0.652. The van der Waals surface area contributed by atoms with Crippen LogP contribution in [0.2, 0.25) is 0 Å². The highest BCUT2D eigenvalue weighted by Gasteiger charge is 2.28. The van der Waals surface area contributed by atoms with Crippen molar-refractivity contribution < 1.29 is 18.0 Å². The molecule has 0 saturated carbocycles. The van der Waals surface area contributed by atoms with E-state index in [1.807, 2.05) is 6.92 Å². The van der Waals surface area contributed by atoms with Gasteiger partial charge >= 0.3 is 0 Å². The Morgan fingerprint density at radius 1 is 0.867 bits per heavy atom. The maximum atomic E-state index is 13.0. The Morgan fingerprint density at radius 3 is 1.97 bits per heavy atom. The van der Waals surface area contributed by atoms with Gasteiger partial charge in [0.05, 0.1) is 11.4 Å². The van der Waals surface area contributed by atoms with E-state index in [9.17, 15) is 18.0 Å². The number of amides is 1. The Morgan fingerprint density at radius 2 is 1.43 bits per heavy atom. The first-order valence-electron chi connectivity index (χ1n) is 11.2. The van der Waals surface area contributed by atoms with Gasteiger partial charge in [0, 0.05) is 12.0 Å². The molecule has 0 fully saturated rings. The molecule has 0 N–H and O–H groups in total. The average molecular weight is 458 g/mol. The van der Waals surface area contributed by atoms with Crippen LogP contribution in [0.4, 0.5) is 5.69 Å². The third kappa shape index (κ3) is 9.61. The highest BCUT2D eigenvalue weighted by Crippen LogP contribution is 2.23. The van der Waals surface area contributed by atoms with Crippen molar-refractivity contribution >= 4 is 38.5 Å².